The number of carbonyl (C=O) groups excluding carboxylic acids is 3. The molecule has 3 atom stereocenters. The fraction of sp³-hybridized carbons (Fsp3) is 0.516. The van der Waals surface area contributed by atoms with E-state index in [0.29, 0.717) is 39.1 Å². The van der Waals surface area contributed by atoms with E-state index in [1.807, 2.05) is 75.4 Å². The largest absolute Gasteiger partial charge is 0.492 e. The van der Waals surface area contributed by atoms with Crippen molar-refractivity contribution in [2.75, 3.05) is 33.3 Å². The maximum absolute atomic E-state index is 13.8. The van der Waals surface area contributed by atoms with Crippen LogP contribution in [-0.4, -0.2) is 73.0 Å². The van der Waals surface area contributed by atoms with E-state index in [4.69, 9.17) is 4.74 Å². The summed E-state index contributed by atoms with van der Waals surface area (Å²) in [6.45, 7) is 7.70. The van der Waals surface area contributed by atoms with Crippen LogP contribution in [0, 0.1) is 5.92 Å². The van der Waals surface area contributed by atoms with Gasteiger partial charge in [-0.25, -0.2) is 4.79 Å². The van der Waals surface area contributed by atoms with Gasteiger partial charge in [0, 0.05) is 33.1 Å². The quantitative estimate of drug-likeness (QED) is 0.582. The summed E-state index contributed by atoms with van der Waals surface area (Å²) in [5.41, 5.74) is 2.03. The number of hydrogen-bond donors (Lipinski definition) is 2. The summed E-state index contributed by atoms with van der Waals surface area (Å²) >= 11 is 0. The third-order valence-electron chi connectivity index (χ3n) is 7.38. The molecule has 2 N–H and O–H groups in total. The van der Waals surface area contributed by atoms with Gasteiger partial charge in [-0.2, -0.15) is 0 Å². The number of aryl methyl sites for hydroxylation is 1. The predicted octanol–water partition coefficient (Wildman–Crippen LogP) is 4.03. The van der Waals surface area contributed by atoms with Crippen LogP contribution in [0.4, 0.5) is 4.79 Å². The Morgan fingerprint density at radius 3 is 2.44 bits per heavy atom. The van der Waals surface area contributed by atoms with Gasteiger partial charge in [-0.15, -0.1) is 0 Å². The summed E-state index contributed by atoms with van der Waals surface area (Å²) in [6, 6.07) is 15.9. The summed E-state index contributed by atoms with van der Waals surface area (Å²) in [5.74, 6) is 0.292. The molecular weight excluding hydrogens is 492 g/mol. The number of benzene rings is 2. The Balaban J connectivity index is 1.95. The minimum atomic E-state index is -0.739. The van der Waals surface area contributed by atoms with Crippen molar-refractivity contribution < 1.29 is 19.1 Å². The molecule has 0 fully saturated rings. The van der Waals surface area contributed by atoms with E-state index < -0.39 is 18.1 Å². The molecule has 3 rings (SSSR count). The topological polar surface area (TPSA) is 91.0 Å². The smallest absolute Gasteiger partial charge is 0.327 e. The van der Waals surface area contributed by atoms with Gasteiger partial charge < -0.3 is 20.3 Å². The van der Waals surface area contributed by atoms with Crippen molar-refractivity contribution in [1.82, 2.24) is 20.4 Å². The van der Waals surface area contributed by atoms with E-state index in [1.165, 1.54) is 11.9 Å². The molecule has 0 saturated carbocycles. The number of nitrogens with zero attached hydrogens (tertiary/aromatic N) is 2. The number of ether oxygens (including phenoxy) is 1. The molecule has 2 aromatic rings. The Hall–Kier alpha value is -3.39. The summed E-state index contributed by atoms with van der Waals surface area (Å²) < 4.78 is 6.06. The molecule has 0 radical (unpaired) electrons. The van der Waals surface area contributed by atoms with Crippen LogP contribution in [0.3, 0.4) is 0 Å². The molecule has 0 aromatic heterocycles. The third kappa shape index (κ3) is 8.30. The Morgan fingerprint density at radius 2 is 1.72 bits per heavy atom. The highest BCUT2D eigenvalue weighted by Gasteiger charge is 2.36. The van der Waals surface area contributed by atoms with Crippen molar-refractivity contribution in [2.24, 2.45) is 5.92 Å². The normalized spacial score (nSPS) is 21.0. The fourth-order valence-electron chi connectivity index (χ4n) is 4.91. The highest BCUT2D eigenvalue weighted by atomic mass is 16.5. The van der Waals surface area contributed by atoms with Crippen molar-refractivity contribution in [2.45, 2.75) is 65.0 Å². The lowest BCUT2D eigenvalue weighted by atomic mass is 9.98. The molecule has 8 heteroatoms. The van der Waals surface area contributed by atoms with E-state index >= 15 is 0 Å². The van der Waals surface area contributed by atoms with Crippen LogP contribution in [0.2, 0.25) is 0 Å². The number of carbonyl (C=O) groups is 3. The number of amides is 4. The predicted molar refractivity (Wildman–Crippen MR) is 154 cm³/mol. The Labute approximate surface area is 233 Å². The molecule has 8 nitrogen and oxygen atoms in total. The maximum atomic E-state index is 13.8. The van der Waals surface area contributed by atoms with Gasteiger partial charge in [-0.05, 0) is 42.4 Å². The van der Waals surface area contributed by atoms with Crippen molar-refractivity contribution >= 4 is 17.8 Å². The first kappa shape index (κ1) is 30.2. The minimum Gasteiger partial charge on any atom is -0.492 e. The molecule has 0 spiro atoms. The molecule has 4 amide bonds. The van der Waals surface area contributed by atoms with Crippen LogP contribution in [0.1, 0.15) is 51.2 Å². The van der Waals surface area contributed by atoms with Crippen molar-refractivity contribution in [1.29, 1.82) is 0 Å². The number of nitrogens with one attached hydrogen (secondary N) is 2. The molecule has 1 heterocycles. The number of fused-ring (bicyclic) bond motifs is 1. The lowest BCUT2D eigenvalue weighted by Gasteiger charge is -2.35. The second kappa shape index (κ2) is 15.3. The van der Waals surface area contributed by atoms with Crippen LogP contribution < -0.4 is 15.4 Å². The molecule has 212 valence electrons. The zero-order valence-electron chi connectivity index (χ0n) is 23.8. The highest BCUT2D eigenvalue weighted by molar-refractivity contribution is 5.98. The van der Waals surface area contributed by atoms with Crippen LogP contribution in [0.5, 0.6) is 5.75 Å². The maximum Gasteiger partial charge on any atom is 0.327 e. The summed E-state index contributed by atoms with van der Waals surface area (Å²) in [6.07, 6.45) is 3.28. The molecule has 1 aliphatic heterocycles. The minimum absolute atomic E-state index is 0.00478. The first-order valence-electron chi connectivity index (χ1n) is 14.2. The molecule has 0 aliphatic carbocycles. The molecule has 1 unspecified atom stereocenters. The molecule has 0 bridgehead atoms. The van der Waals surface area contributed by atoms with Gasteiger partial charge in [0.05, 0.1) is 6.04 Å². The molecule has 0 saturated heterocycles. The van der Waals surface area contributed by atoms with Gasteiger partial charge in [0.2, 0.25) is 11.8 Å². The number of likely N-dealkylation sites (N-methyl/N-ethyl adjacent to an activating group) is 1. The second-order valence-corrected chi connectivity index (χ2v) is 10.2. The third-order valence-corrected chi connectivity index (χ3v) is 7.38. The van der Waals surface area contributed by atoms with E-state index in [2.05, 4.69) is 10.6 Å². The lowest BCUT2D eigenvalue weighted by molar-refractivity contribution is -0.132. The molecule has 2 aromatic carbocycles. The summed E-state index contributed by atoms with van der Waals surface area (Å²) in [5, 5.41) is 6.40. The van der Waals surface area contributed by atoms with Gasteiger partial charge in [-0.1, -0.05) is 75.7 Å². The fourth-order valence-corrected chi connectivity index (χ4v) is 4.91. The number of urea groups is 1. The average molecular weight is 537 g/mol. The number of imide groups is 1. The summed E-state index contributed by atoms with van der Waals surface area (Å²) in [4.78, 5) is 43.9. The van der Waals surface area contributed by atoms with E-state index in [-0.39, 0.29) is 17.7 Å². The molecular formula is C31H44N4O4. The lowest BCUT2D eigenvalue weighted by Crippen LogP contribution is -2.58. The first-order valence-corrected chi connectivity index (χ1v) is 14.2. The van der Waals surface area contributed by atoms with E-state index in [0.717, 1.165) is 36.1 Å². The average Bonchev–Trinajstić information content (AvgIpc) is 2.96. The first-order chi connectivity index (χ1) is 18.9. The Bertz CT molecular complexity index is 1080. The van der Waals surface area contributed by atoms with E-state index in [9.17, 15) is 14.4 Å². The van der Waals surface area contributed by atoms with Crippen LogP contribution >= 0.6 is 0 Å². The number of hydrogen-bond acceptors (Lipinski definition) is 5. The van der Waals surface area contributed by atoms with E-state index in [1.54, 1.807) is 4.90 Å². The Kier molecular flexibility index (Phi) is 11.8. The van der Waals surface area contributed by atoms with Gasteiger partial charge in [0.1, 0.15) is 18.4 Å². The van der Waals surface area contributed by atoms with Crippen molar-refractivity contribution in [3.63, 3.8) is 0 Å². The second-order valence-electron chi connectivity index (χ2n) is 10.2. The van der Waals surface area contributed by atoms with Gasteiger partial charge in [0.15, 0.2) is 0 Å². The zero-order chi connectivity index (χ0) is 28.2. The number of para-hydroxylation sites is 1. The van der Waals surface area contributed by atoms with Crippen LogP contribution in [-0.2, 0) is 22.4 Å². The van der Waals surface area contributed by atoms with Gasteiger partial charge >= 0.3 is 6.03 Å². The number of rotatable bonds is 6. The molecule has 39 heavy (non-hydrogen) atoms. The summed E-state index contributed by atoms with van der Waals surface area (Å²) in [7, 11) is 1.52. The van der Waals surface area contributed by atoms with Crippen molar-refractivity contribution in [3.8, 4) is 5.75 Å². The van der Waals surface area contributed by atoms with Gasteiger partial charge in [-0.3, -0.25) is 14.5 Å². The van der Waals surface area contributed by atoms with Crippen LogP contribution in [0.25, 0.3) is 0 Å². The van der Waals surface area contributed by atoms with Crippen molar-refractivity contribution in [3.05, 3.63) is 65.7 Å². The Morgan fingerprint density at radius 1 is 1.00 bits per heavy atom. The van der Waals surface area contributed by atoms with Gasteiger partial charge in [0.25, 0.3) is 0 Å². The zero-order valence-corrected chi connectivity index (χ0v) is 23.8. The molecule has 1 aliphatic rings. The van der Waals surface area contributed by atoms with Crippen LogP contribution in [0.15, 0.2) is 54.6 Å². The highest BCUT2D eigenvalue weighted by Crippen LogP contribution is 2.20. The standard InChI is InChI=1S/C31H44N4O4/c1-5-20-35-26(22-24-13-8-7-9-14-24)29(36)33-18-12-16-25-15-10-11-17-27(25)39-21-19-32-28(23(3)6-2)30(37)34(4)31(35)38/h7-11,13-15,17,23,26,28,32H,5-6,12,16,18-22H2,1-4H3,(H,33,36)/t23?,26-,28+/m1/s1. The SMILES string of the molecule is CCCN1C(=O)N(C)C(=O)[C@H](C(C)CC)NCCOc2ccccc2CCCNC(=O)[C@H]1Cc1ccccc1. The monoisotopic (exact) mass is 536 g/mol.